The first-order chi connectivity index (χ1) is 10.3. The van der Waals surface area contributed by atoms with E-state index >= 15 is 0 Å². The molecule has 1 atom stereocenters. The van der Waals surface area contributed by atoms with Gasteiger partial charge in [0.15, 0.2) is 0 Å². The van der Waals surface area contributed by atoms with Crippen LogP contribution >= 0.6 is 0 Å². The van der Waals surface area contributed by atoms with E-state index in [1.54, 1.807) is 0 Å². The third-order valence-electron chi connectivity index (χ3n) is 4.27. The Kier molecular flexibility index (Phi) is 4.29. The van der Waals surface area contributed by atoms with Gasteiger partial charge in [0.25, 0.3) is 0 Å². The van der Waals surface area contributed by atoms with Crippen molar-refractivity contribution in [1.29, 1.82) is 0 Å². The van der Waals surface area contributed by atoms with Crippen molar-refractivity contribution in [2.45, 2.75) is 13.0 Å². The molecule has 0 saturated carbocycles. The maximum absolute atomic E-state index is 12.5. The molecule has 0 aliphatic carbocycles. The molecular weight excluding hydrogens is 266 g/mol. The Labute approximate surface area is 126 Å². The second-order valence-corrected chi connectivity index (χ2v) is 5.71. The minimum atomic E-state index is 0.165. The van der Waals surface area contributed by atoms with E-state index in [0.717, 1.165) is 19.6 Å². The Morgan fingerprint density at radius 1 is 1.05 bits per heavy atom. The van der Waals surface area contributed by atoms with Crippen LogP contribution in [0.2, 0.25) is 0 Å². The number of urea groups is 1. The number of carbonyl (C=O) groups is 1. The number of para-hydroxylation sites is 1. The molecule has 3 rings (SSSR count). The van der Waals surface area contributed by atoms with Crippen LogP contribution in [0.3, 0.4) is 0 Å². The van der Waals surface area contributed by atoms with Gasteiger partial charge in [-0.2, -0.15) is 0 Å². The van der Waals surface area contributed by atoms with Crippen LogP contribution in [0.15, 0.2) is 30.3 Å². The van der Waals surface area contributed by atoms with E-state index in [1.807, 2.05) is 15.9 Å². The van der Waals surface area contributed by atoms with Crippen LogP contribution in [0.4, 0.5) is 10.5 Å². The van der Waals surface area contributed by atoms with Crippen molar-refractivity contribution in [3.63, 3.8) is 0 Å². The van der Waals surface area contributed by atoms with Crippen molar-refractivity contribution in [2.24, 2.45) is 0 Å². The maximum atomic E-state index is 12.5. The summed E-state index contributed by atoms with van der Waals surface area (Å²) in [6, 6.07) is 10.9. The van der Waals surface area contributed by atoms with E-state index in [1.165, 1.54) is 5.69 Å². The van der Waals surface area contributed by atoms with E-state index in [2.05, 4.69) is 36.1 Å². The summed E-state index contributed by atoms with van der Waals surface area (Å²) in [5.41, 5.74) is 1.24. The van der Waals surface area contributed by atoms with Gasteiger partial charge in [0.1, 0.15) is 0 Å². The Balaban J connectivity index is 1.61. The van der Waals surface area contributed by atoms with Gasteiger partial charge in [0.2, 0.25) is 0 Å². The molecular formula is C16H23N3O2. The Morgan fingerprint density at radius 2 is 1.76 bits per heavy atom. The molecule has 5 nitrogen and oxygen atoms in total. The smallest absolute Gasteiger partial charge is 0.320 e. The van der Waals surface area contributed by atoms with Gasteiger partial charge in [-0.05, 0) is 19.1 Å². The summed E-state index contributed by atoms with van der Waals surface area (Å²) in [7, 11) is 0. The number of benzene rings is 1. The number of rotatable bonds is 1. The molecule has 2 heterocycles. The van der Waals surface area contributed by atoms with Gasteiger partial charge in [-0.25, -0.2) is 4.79 Å². The molecule has 0 aromatic heterocycles. The van der Waals surface area contributed by atoms with Gasteiger partial charge in [-0.3, -0.25) is 0 Å². The second-order valence-electron chi connectivity index (χ2n) is 5.71. The standard InChI is InChI=1S/C16H23N3O2/c1-14-13-18(16(20)17-9-11-21-12-10-17)7-8-19(14)15-5-3-2-4-6-15/h2-6,14H,7-13H2,1H3. The molecule has 2 aliphatic rings. The van der Waals surface area contributed by atoms with Crippen molar-refractivity contribution < 1.29 is 9.53 Å². The number of hydrogen-bond donors (Lipinski definition) is 0. The summed E-state index contributed by atoms with van der Waals surface area (Å²) in [5, 5.41) is 0. The lowest BCUT2D eigenvalue weighted by Gasteiger charge is -2.43. The molecule has 0 spiro atoms. The lowest BCUT2D eigenvalue weighted by Crippen LogP contribution is -2.57. The third kappa shape index (κ3) is 3.13. The van der Waals surface area contributed by atoms with Crippen LogP contribution in [0.25, 0.3) is 0 Å². The lowest BCUT2D eigenvalue weighted by atomic mass is 10.1. The van der Waals surface area contributed by atoms with Gasteiger partial charge in [0.05, 0.1) is 13.2 Å². The van der Waals surface area contributed by atoms with E-state index in [0.29, 0.717) is 32.3 Å². The third-order valence-corrected chi connectivity index (χ3v) is 4.27. The fourth-order valence-electron chi connectivity index (χ4n) is 3.09. The Bertz CT molecular complexity index is 474. The maximum Gasteiger partial charge on any atom is 0.320 e. The molecule has 21 heavy (non-hydrogen) atoms. The summed E-state index contributed by atoms with van der Waals surface area (Å²) < 4.78 is 5.31. The molecule has 2 saturated heterocycles. The van der Waals surface area contributed by atoms with Crippen molar-refractivity contribution in [3.05, 3.63) is 30.3 Å². The van der Waals surface area contributed by atoms with Crippen LogP contribution in [-0.4, -0.2) is 67.8 Å². The highest BCUT2D eigenvalue weighted by Gasteiger charge is 2.29. The van der Waals surface area contributed by atoms with Gasteiger partial charge in [-0.15, -0.1) is 0 Å². The van der Waals surface area contributed by atoms with Gasteiger partial charge < -0.3 is 19.4 Å². The van der Waals surface area contributed by atoms with Crippen LogP contribution in [-0.2, 0) is 4.74 Å². The predicted molar refractivity (Wildman–Crippen MR) is 82.6 cm³/mol. The zero-order chi connectivity index (χ0) is 14.7. The molecule has 0 radical (unpaired) electrons. The molecule has 2 amide bonds. The minimum Gasteiger partial charge on any atom is -0.378 e. The van der Waals surface area contributed by atoms with Crippen LogP contribution in [0.5, 0.6) is 0 Å². The topological polar surface area (TPSA) is 36.0 Å². The van der Waals surface area contributed by atoms with E-state index in [4.69, 9.17) is 4.74 Å². The largest absolute Gasteiger partial charge is 0.378 e. The van der Waals surface area contributed by atoms with E-state index in [-0.39, 0.29) is 6.03 Å². The number of nitrogens with zero attached hydrogens (tertiary/aromatic N) is 3. The first kappa shape index (κ1) is 14.2. The van der Waals surface area contributed by atoms with Crippen molar-refractivity contribution in [3.8, 4) is 0 Å². The van der Waals surface area contributed by atoms with Crippen LogP contribution < -0.4 is 4.90 Å². The second kappa shape index (κ2) is 6.35. The summed E-state index contributed by atoms with van der Waals surface area (Å²) in [6.07, 6.45) is 0. The fraction of sp³-hybridized carbons (Fsp3) is 0.562. The molecule has 1 aromatic carbocycles. The number of ether oxygens (including phenoxy) is 1. The van der Waals surface area contributed by atoms with Gasteiger partial charge >= 0.3 is 6.03 Å². The minimum absolute atomic E-state index is 0.165. The number of carbonyl (C=O) groups excluding carboxylic acids is 1. The van der Waals surface area contributed by atoms with Gasteiger partial charge in [-0.1, -0.05) is 18.2 Å². The summed E-state index contributed by atoms with van der Waals surface area (Å²) in [5.74, 6) is 0. The molecule has 2 aliphatic heterocycles. The van der Waals surface area contributed by atoms with Crippen LogP contribution in [0.1, 0.15) is 6.92 Å². The van der Waals surface area contributed by atoms with E-state index in [9.17, 15) is 4.79 Å². The fourth-order valence-corrected chi connectivity index (χ4v) is 3.09. The zero-order valence-electron chi connectivity index (χ0n) is 12.6. The van der Waals surface area contributed by atoms with Crippen LogP contribution in [0, 0.1) is 0 Å². The highest BCUT2D eigenvalue weighted by molar-refractivity contribution is 5.75. The number of amides is 2. The molecule has 1 aromatic rings. The average Bonchev–Trinajstić information content (AvgIpc) is 2.55. The van der Waals surface area contributed by atoms with E-state index < -0.39 is 0 Å². The highest BCUT2D eigenvalue weighted by atomic mass is 16.5. The first-order valence-corrected chi connectivity index (χ1v) is 7.69. The summed E-state index contributed by atoms with van der Waals surface area (Å²) in [6.45, 7) is 7.39. The monoisotopic (exact) mass is 289 g/mol. The first-order valence-electron chi connectivity index (χ1n) is 7.69. The summed E-state index contributed by atoms with van der Waals surface area (Å²) in [4.78, 5) is 18.8. The number of piperazine rings is 1. The number of hydrogen-bond acceptors (Lipinski definition) is 3. The predicted octanol–water partition coefficient (Wildman–Crippen LogP) is 1.65. The zero-order valence-corrected chi connectivity index (χ0v) is 12.6. The Hall–Kier alpha value is -1.75. The molecule has 1 unspecified atom stereocenters. The lowest BCUT2D eigenvalue weighted by molar-refractivity contribution is 0.0418. The molecule has 0 bridgehead atoms. The quantitative estimate of drug-likeness (QED) is 0.789. The molecule has 2 fully saturated rings. The number of morpholine rings is 1. The molecule has 114 valence electrons. The van der Waals surface area contributed by atoms with Gasteiger partial charge in [0, 0.05) is 44.5 Å². The molecule has 0 N–H and O–H groups in total. The Morgan fingerprint density at radius 3 is 2.43 bits per heavy atom. The SMILES string of the molecule is CC1CN(C(=O)N2CCOCC2)CCN1c1ccccc1. The van der Waals surface area contributed by atoms with Crippen molar-refractivity contribution in [1.82, 2.24) is 9.80 Å². The average molecular weight is 289 g/mol. The summed E-state index contributed by atoms with van der Waals surface area (Å²) >= 11 is 0. The van der Waals surface area contributed by atoms with Crippen molar-refractivity contribution >= 4 is 11.7 Å². The van der Waals surface area contributed by atoms with Crippen molar-refractivity contribution in [2.75, 3.05) is 50.8 Å². The molecule has 5 heteroatoms. The normalized spacial score (nSPS) is 23.3. The number of anilines is 1. The highest BCUT2D eigenvalue weighted by Crippen LogP contribution is 2.20.